The van der Waals surface area contributed by atoms with E-state index < -0.39 is 0 Å². The van der Waals surface area contributed by atoms with E-state index in [-0.39, 0.29) is 29.0 Å². The number of nitrogens with one attached hydrogen (secondary N) is 1. The molecule has 0 aliphatic carbocycles. The summed E-state index contributed by atoms with van der Waals surface area (Å²) < 4.78 is 17.2. The van der Waals surface area contributed by atoms with E-state index in [1.807, 2.05) is 31.2 Å². The molecule has 9 heteroatoms. The Bertz CT molecular complexity index is 1230. The SMILES string of the molecule is CC(COc1ccc(Cc2sc(=O)[nH]c2O)cc1)N1CC(COCCCCCCCCc2ccccc2)OC1=O. The van der Waals surface area contributed by atoms with Gasteiger partial charge in [-0.2, -0.15) is 0 Å². The Morgan fingerprint density at radius 2 is 1.73 bits per heavy atom. The molecule has 0 spiro atoms. The van der Waals surface area contributed by atoms with Gasteiger partial charge in [-0.1, -0.05) is 79.5 Å². The van der Waals surface area contributed by atoms with E-state index in [9.17, 15) is 14.7 Å². The van der Waals surface area contributed by atoms with Crippen molar-refractivity contribution in [2.75, 3.05) is 26.4 Å². The number of carbonyl (C=O) groups excluding carboxylic acids is 1. The first kappa shape index (κ1) is 29.7. The molecule has 2 unspecified atom stereocenters. The summed E-state index contributed by atoms with van der Waals surface area (Å²) in [6.45, 7) is 3.88. The van der Waals surface area contributed by atoms with Crippen molar-refractivity contribution in [3.63, 3.8) is 0 Å². The van der Waals surface area contributed by atoms with E-state index in [2.05, 4.69) is 35.3 Å². The van der Waals surface area contributed by atoms with Gasteiger partial charge in [-0.25, -0.2) is 4.79 Å². The average Bonchev–Trinajstić information content (AvgIpc) is 3.49. The number of benzene rings is 2. The highest BCUT2D eigenvalue weighted by molar-refractivity contribution is 7.09. The van der Waals surface area contributed by atoms with Crippen LogP contribution in [0.1, 0.15) is 61.5 Å². The first-order valence-corrected chi connectivity index (χ1v) is 15.0. The predicted octanol–water partition coefficient (Wildman–Crippen LogP) is 5.92. The Kier molecular flexibility index (Phi) is 11.5. The highest BCUT2D eigenvalue weighted by atomic mass is 32.1. The zero-order chi connectivity index (χ0) is 28.2. The molecule has 2 aromatic carbocycles. The van der Waals surface area contributed by atoms with E-state index in [1.165, 1.54) is 31.2 Å². The number of thiazole rings is 1. The van der Waals surface area contributed by atoms with Crippen molar-refractivity contribution in [3.8, 4) is 11.6 Å². The van der Waals surface area contributed by atoms with Crippen LogP contribution >= 0.6 is 11.3 Å². The number of rotatable bonds is 17. The molecule has 8 nitrogen and oxygen atoms in total. The number of carbonyl (C=O) groups is 1. The maximum absolute atomic E-state index is 12.4. The lowest BCUT2D eigenvalue weighted by Gasteiger charge is -2.22. The zero-order valence-corrected chi connectivity index (χ0v) is 24.0. The predicted molar refractivity (Wildman–Crippen MR) is 156 cm³/mol. The number of aromatic nitrogens is 1. The molecule has 4 rings (SSSR count). The van der Waals surface area contributed by atoms with Crippen molar-refractivity contribution in [3.05, 3.63) is 80.3 Å². The van der Waals surface area contributed by atoms with Crippen molar-refractivity contribution < 1.29 is 24.1 Å². The number of hydrogen-bond acceptors (Lipinski definition) is 7. The maximum Gasteiger partial charge on any atom is 0.410 e. The van der Waals surface area contributed by atoms with Crippen LogP contribution in [-0.2, 0) is 22.3 Å². The van der Waals surface area contributed by atoms with Gasteiger partial charge in [0.15, 0.2) is 0 Å². The minimum absolute atomic E-state index is 0.0777. The maximum atomic E-state index is 12.4. The molecule has 2 heterocycles. The van der Waals surface area contributed by atoms with Crippen molar-refractivity contribution >= 4 is 17.4 Å². The second-order valence-corrected chi connectivity index (χ2v) is 11.4. The van der Waals surface area contributed by atoms with Crippen molar-refractivity contribution in [1.29, 1.82) is 0 Å². The summed E-state index contributed by atoms with van der Waals surface area (Å²) in [5.41, 5.74) is 2.37. The van der Waals surface area contributed by atoms with Gasteiger partial charge in [-0.3, -0.25) is 14.7 Å². The van der Waals surface area contributed by atoms with Crippen LogP contribution in [0.25, 0.3) is 0 Å². The van der Waals surface area contributed by atoms with E-state index in [4.69, 9.17) is 14.2 Å². The number of amides is 1. The van der Waals surface area contributed by atoms with Gasteiger partial charge in [0.25, 0.3) is 0 Å². The van der Waals surface area contributed by atoms with Gasteiger partial charge < -0.3 is 19.3 Å². The molecule has 0 radical (unpaired) electrons. The van der Waals surface area contributed by atoms with Crippen molar-refractivity contribution in [2.24, 2.45) is 0 Å². The third kappa shape index (κ3) is 9.41. The number of nitrogens with zero attached hydrogens (tertiary/aromatic N) is 1. The van der Waals surface area contributed by atoms with Crippen molar-refractivity contribution in [2.45, 2.75) is 70.4 Å². The molecule has 2 atom stereocenters. The average molecular weight is 569 g/mol. The molecule has 1 saturated heterocycles. The van der Waals surface area contributed by atoms with Crippen LogP contribution < -0.4 is 9.61 Å². The quantitative estimate of drug-likeness (QED) is 0.196. The Balaban J connectivity index is 1.05. The normalized spacial score (nSPS) is 15.8. The first-order chi connectivity index (χ1) is 19.5. The van der Waals surface area contributed by atoms with E-state index in [1.54, 1.807) is 4.90 Å². The number of cyclic esters (lactones) is 1. The van der Waals surface area contributed by atoms with Crippen LogP contribution in [-0.4, -0.2) is 59.6 Å². The van der Waals surface area contributed by atoms with Crippen LogP contribution in [0.2, 0.25) is 0 Å². The Labute approximate surface area is 239 Å². The van der Waals surface area contributed by atoms with Gasteiger partial charge in [0, 0.05) is 13.0 Å². The molecule has 216 valence electrons. The van der Waals surface area contributed by atoms with Gasteiger partial charge in [-0.15, -0.1) is 0 Å². The molecular formula is C31H40N2O6S. The number of ether oxygens (including phenoxy) is 3. The number of unbranched alkanes of at least 4 members (excludes halogenated alkanes) is 5. The standard InChI is InChI=1S/C31H40N2O6S/c1-23(21-38-26-16-14-25(15-17-26)19-28-29(34)32-30(35)40-28)33-20-27(39-31(33)36)22-37-18-10-5-3-2-4-7-11-24-12-8-6-9-13-24/h6,8-9,12-17,23,27,34H,2-5,7,10-11,18-22H2,1H3,(H,32,35). The summed E-state index contributed by atoms with van der Waals surface area (Å²) in [5, 5.41) is 9.76. The monoisotopic (exact) mass is 568 g/mol. The van der Waals surface area contributed by atoms with Gasteiger partial charge in [0.2, 0.25) is 5.88 Å². The molecule has 40 heavy (non-hydrogen) atoms. The van der Waals surface area contributed by atoms with Crippen LogP contribution in [0.4, 0.5) is 4.79 Å². The Morgan fingerprint density at radius 3 is 2.45 bits per heavy atom. The summed E-state index contributed by atoms with van der Waals surface area (Å²) in [4.78, 5) is 28.1. The second kappa shape index (κ2) is 15.5. The fourth-order valence-corrected chi connectivity index (χ4v) is 5.51. The largest absolute Gasteiger partial charge is 0.494 e. The summed E-state index contributed by atoms with van der Waals surface area (Å²) in [6, 6.07) is 18.0. The smallest absolute Gasteiger partial charge is 0.410 e. The minimum atomic E-state index is -0.333. The van der Waals surface area contributed by atoms with Crippen LogP contribution in [0.3, 0.4) is 0 Å². The summed E-state index contributed by atoms with van der Waals surface area (Å²) in [7, 11) is 0. The van der Waals surface area contributed by atoms with E-state index in [0.717, 1.165) is 36.2 Å². The second-order valence-electron chi connectivity index (χ2n) is 10.4. The summed E-state index contributed by atoms with van der Waals surface area (Å²) in [6.07, 6.45) is 8.21. The molecular weight excluding hydrogens is 528 g/mol. The third-order valence-electron chi connectivity index (χ3n) is 7.06. The number of aryl methyl sites for hydroxylation is 1. The molecule has 1 aliphatic heterocycles. The van der Waals surface area contributed by atoms with Gasteiger partial charge >= 0.3 is 11.0 Å². The Hall–Kier alpha value is -3.30. The fourth-order valence-electron chi connectivity index (χ4n) is 4.76. The lowest BCUT2D eigenvalue weighted by atomic mass is 10.1. The third-order valence-corrected chi connectivity index (χ3v) is 7.94. The van der Waals surface area contributed by atoms with E-state index >= 15 is 0 Å². The van der Waals surface area contributed by atoms with Gasteiger partial charge in [-0.05, 0) is 49.4 Å². The number of hydrogen-bond donors (Lipinski definition) is 2. The molecule has 1 aromatic heterocycles. The zero-order valence-electron chi connectivity index (χ0n) is 23.2. The summed E-state index contributed by atoms with van der Waals surface area (Å²) >= 11 is 1.00. The summed E-state index contributed by atoms with van der Waals surface area (Å²) in [5.74, 6) is 0.608. The fraction of sp³-hybridized carbons (Fsp3) is 0.484. The molecule has 0 saturated carbocycles. The van der Waals surface area contributed by atoms with Crippen LogP contribution in [0, 0.1) is 0 Å². The number of H-pyrrole nitrogens is 1. The topological polar surface area (TPSA) is 101 Å². The van der Waals surface area contributed by atoms with Crippen molar-refractivity contribution in [1.82, 2.24) is 9.88 Å². The molecule has 3 aromatic rings. The highest BCUT2D eigenvalue weighted by Gasteiger charge is 2.34. The van der Waals surface area contributed by atoms with Gasteiger partial charge in [0.1, 0.15) is 18.5 Å². The number of aromatic amines is 1. The lowest BCUT2D eigenvalue weighted by molar-refractivity contribution is 0.0443. The molecule has 1 aliphatic rings. The highest BCUT2D eigenvalue weighted by Crippen LogP contribution is 2.22. The van der Waals surface area contributed by atoms with Crippen LogP contribution in [0.15, 0.2) is 59.4 Å². The Morgan fingerprint density at radius 1 is 1.00 bits per heavy atom. The molecule has 0 bridgehead atoms. The van der Waals surface area contributed by atoms with Crippen LogP contribution in [0.5, 0.6) is 11.6 Å². The first-order valence-electron chi connectivity index (χ1n) is 14.2. The minimum Gasteiger partial charge on any atom is -0.494 e. The molecule has 1 amide bonds. The molecule has 2 N–H and O–H groups in total. The lowest BCUT2D eigenvalue weighted by Crippen LogP contribution is -2.38. The van der Waals surface area contributed by atoms with Gasteiger partial charge in [0.05, 0.1) is 24.1 Å². The number of aromatic hydroxyl groups is 1. The molecule has 1 fully saturated rings. The van der Waals surface area contributed by atoms with E-state index in [0.29, 0.717) is 43.4 Å².